The van der Waals surface area contributed by atoms with Gasteiger partial charge in [-0.3, -0.25) is 0 Å². The summed E-state index contributed by atoms with van der Waals surface area (Å²) in [6.45, 7) is 1.85. The van der Waals surface area contributed by atoms with E-state index in [-0.39, 0.29) is 10.8 Å². The van der Waals surface area contributed by atoms with E-state index < -0.39 is 0 Å². The summed E-state index contributed by atoms with van der Waals surface area (Å²) < 4.78 is 5.06. The van der Waals surface area contributed by atoms with Crippen LogP contribution in [0.4, 0.5) is 0 Å². The molecule has 1 rings (SSSR count). The first-order valence-corrected chi connectivity index (χ1v) is 4.91. The summed E-state index contributed by atoms with van der Waals surface area (Å²) in [6.07, 6.45) is 0.850. The van der Waals surface area contributed by atoms with Crippen molar-refractivity contribution in [2.45, 2.75) is 19.8 Å². The molecule has 0 saturated carbocycles. The maximum absolute atomic E-state index is 9.74. The lowest BCUT2D eigenvalue weighted by Gasteiger charge is -2.11. The van der Waals surface area contributed by atoms with E-state index in [0.717, 1.165) is 5.56 Å². The first kappa shape index (κ1) is 11.7. The van der Waals surface area contributed by atoms with Gasteiger partial charge in [0.2, 0.25) is 0 Å². The molecule has 1 aromatic carbocycles. The standard InChI is InChI=1S/C11H12ClNO2/c1-7-6-8(4-3-5-13)10(14)9(12)11(7)15-2/h6,14H,3-4H2,1-2H3. The molecule has 0 fully saturated rings. The van der Waals surface area contributed by atoms with E-state index in [0.29, 0.717) is 24.2 Å². The number of nitrogens with zero attached hydrogens (tertiary/aromatic N) is 1. The molecule has 80 valence electrons. The van der Waals surface area contributed by atoms with Crippen molar-refractivity contribution in [2.24, 2.45) is 0 Å². The van der Waals surface area contributed by atoms with Crippen LogP contribution in [0.1, 0.15) is 17.5 Å². The highest BCUT2D eigenvalue weighted by atomic mass is 35.5. The second-order valence-electron chi connectivity index (χ2n) is 3.21. The van der Waals surface area contributed by atoms with Gasteiger partial charge in [-0.25, -0.2) is 0 Å². The third-order valence-corrected chi connectivity index (χ3v) is 2.52. The molecule has 0 aromatic heterocycles. The number of nitriles is 1. The topological polar surface area (TPSA) is 53.2 Å². The van der Waals surface area contributed by atoms with Crippen LogP contribution in [-0.4, -0.2) is 12.2 Å². The largest absolute Gasteiger partial charge is 0.506 e. The second kappa shape index (κ2) is 4.90. The zero-order chi connectivity index (χ0) is 11.4. The fourth-order valence-corrected chi connectivity index (χ4v) is 1.80. The molecule has 3 nitrogen and oxygen atoms in total. The van der Waals surface area contributed by atoms with Crippen molar-refractivity contribution in [3.63, 3.8) is 0 Å². The van der Waals surface area contributed by atoms with Crippen molar-refractivity contribution in [3.05, 3.63) is 22.2 Å². The normalized spacial score (nSPS) is 9.73. The van der Waals surface area contributed by atoms with Gasteiger partial charge >= 0.3 is 0 Å². The molecule has 15 heavy (non-hydrogen) atoms. The minimum atomic E-state index is 0.00867. The molecule has 0 radical (unpaired) electrons. The first-order valence-electron chi connectivity index (χ1n) is 4.53. The van der Waals surface area contributed by atoms with Crippen LogP contribution in [0.25, 0.3) is 0 Å². The molecule has 0 aliphatic rings. The molecular formula is C11H12ClNO2. The zero-order valence-electron chi connectivity index (χ0n) is 8.67. The summed E-state index contributed by atoms with van der Waals surface area (Å²) in [5, 5.41) is 18.4. The number of ether oxygens (including phenoxy) is 1. The molecule has 0 bridgehead atoms. The molecule has 0 amide bonds. The number of halogens is 1. The number of benzene rings is 1. The maximum Gasteiger partial charge on any atom is 0.144 e. The van der Waals surface area contributed by atoms with Gasteiger partial charge in [0.15, 0.2) is 0 Å². The molecule has 1 aromatic rings. The van der Waals surface area contributed by atoms with Crippen molar-refractivity contribution in [1.82, 2.24) is 0 Å². The van der Waals surface area contributed by atoms with Crippen molar-refractivity contribution in [1.29, 1.82) is 5.26 Å². The van der Waals surface area contributed by atoms with Crippen LogP contribution in [0.3, 0.4) is 0 Å². The summed E-state index contributed by atoms with van der Waals surface area (Å²) in [7, 11) is 1.50. The molecule has 0 aliphatic heterocycles. The van der Waals surface area contributed by atoms with Gasteiger partial charge in [0.25, 0.3) is 0 Å². The molecule has 0 spiro atoms. The average Bonchev–Trinajstić information content (AvgIpc) is 2.22. The first-order chi connectivity index (χ1) is 7.11. The molecule has 0 atom stereocenters. The van der Waals surface area contributed by atoms with Crippen LogP contribution >= 0.6 is 11.6 Å². The van der Waals surface area contributed by atoms with Gasteiger partial charge in [-0.05, 0) is 30.5 Å². The molecule has 0 unspecified atom stereocenters. The van der Waals surface area contributed by atoms with Gasteiger partial charge in [-0.15, -0.1) is 0 Å². The lowest BCUT2D eigenvalue weighted by Crippen LogP contribution is -1.93. The van der Waals surface area contributed by atoms with Crippen LogP contribution in [0, 0.1) is 18.3 Å². The molecule has 0 aliphatic carbocycles. The smallest absolute Gasteiger partial charge is 0.144 e. The Morgan fingerprint density at radius 1 is 1.60 bits per heavy atom. The van der Waals surface area contributed by atoms with Gasteiger partial charge in [0.1, 0.15) is 16.5 Å². The molecule has 0 heterocycles. The van der Waals surface area contributed by atoms with Gasteiger partial charge < -0.3 is 9.84 Å². The number of methoxy groups -OCH3 is 1. The monoisotopic (exact) mass is 225 g/mol. The van der Waals surface area contributed by atoms with Crippen molar-refractivity contribution < 1.29 is 9.84 Å². The van der Waals surface area contributed by atoms with Crippen molar-refractivity contribution in [2.75, 3.05) is 7.11 Å². The minimum Gasteiger partial charge on any atom is -0.506 e. The van der Waals surface area contributed by atoms with Gasteiger partial charge in [-0.1, -0.05) is 11.6 Å². The predicted molar refractivity (Wildman–Crippen MR) is 58.3 cm³/mol. The van der Waals surface area contributed by atoms with Crippen LogP contribution in [-0.2, 0) is 6.42 Å². The Balaban J connectivity index is 3.17. The number of hydrogen-bond acceptors (Lipinski definition) is 3. The van der Waals surface area contributed by atoms with Crippen LogP contribution in [0.15, 0.2) is 6.07 Å². The van der Waals surface area contributed by atoms with Gasteiger partial charge in [0, 0.05) is 6.42 Å². The Morgan fingerprint density at radius 2 is 2.27 bits per heavy atom. The number of phenols is 1. The number of rotatable bonds is 3. The predicted octanol–water partition coefficient (Wildman–Crippen LogP) is 2.82. The SMILES string of the molecule is COc1c(C)cc(CCC#N)c(O)c1Cl. The van der Waals surface area contributed by atoms with Crippen molar-refractivity contribution >= 4 is 11.6 Å². The summed E-state index contributed by atoms with van der Waals surface area (Å²) in [5.74, 6) is 0.490. The Hall–Kier alpha value is -1.40. The van der Waals surface area contributed by atoms with E-state index in [4.69, 9.17) is 21.6 Å². The lowest BCUT2D eigenvalue weighted by atomic mass is 10.1. The third kappa shape index (κ3) is 2.34. The Bertz CT molecular complexity index is 410. The lowest BCUT2D eigenvalue weighted by molar-refractivity contribution is 0.403. The average molecular weight is 226 g/mol. The van der Waals surface area contributed by atoms with E-state index in [9.17, 15) is 5.11 Å². The number of aromatic hydroxyl groups is 1. The number of aryl methyl sites for hydroxylation is 2. The van der Waals surface area contributed by atoms with E-state index in [2.05, 4.69) is 0 Å². The van der Waals surface area contributed by atoms with Crippen molar-refractivity contribution in [3.8, 4) is 17.6 Å². The molecule has 4 heteroatoms. The van der Waals surface area contributed by atoms with Crippen LogP contribution < -0.4 is 4.74 Å². The highest BCUT2D eigenvalue weighted by Crippen LogP contribution is 2.39. The summed E-state index contributed by atoms with van der Waals surface area (Å²) in [5.41, 5.74) is 1.54. The Morgan fingerprint density at radius 3 is 2.80 bits per heavy atom. The van der Waals surface area contributed by atoms with E-state index >= 15 is 0 Å². The molecule has 0 saturated heterocycles. The fraction of sp³-hybridized carbons (Fsp3) is 0.364. The van der Waals surface area contributed by atoms with Crippen LogP contribution in [0.5, 0.6) is 11.5 Å². The molecular weight excluding hydrogens is 214 g/mol. The Kier molecular flexibility index (Phi) is 3.81. The number of phenolic OH excluding ortho intramolecular Hbond substituents is 1. The Labute approximate surface area is 93.9 Å². The fourth-order valence-electron chi connectivity index (χ4n) is 1.45. The van der Waals surface area contributed by atoms with Gasteiger partial charge in [-0.2, -0.15) is 5.26 Å². The summed E-state index contributed by atoms with van der Waals surface area (Å²) in [4.78, 5) is 0. The zero-order valence-corrected chi connectivity index (χ0v) is 9.43. The van der Waals surface area contributed by atoms with E-state index in [1.165, 1.54) is 7.11 Å². The number of hydrogen-bond donors (Lipinski definition) is 1. The maximum atomic E-state index is 9.74. The molecule has 1 N–H and O–H groups in total. The minimum absolute atomic E-state index is 0.00867. The van der Waals surface area contributed by atoms with Gasteiger partial charge in [0.05, 0.1) is 13.2 Å². The van der Waals surface area contributed by atoms with E-state index in [1.807, 2.05) is 13.0 Å². The third-order valence-electron chi connectivity index (χ3n) is 2.17. The highest BCUT2D eigenvalue weighted by Gasteiger charge is 2.14. The van der Waals surface area contributed by atoms with Crippen LogP contribution in [0.2, 0.25) is 5.02 Å². The highest BCUT2D eigenvalue weighted by molar-refractivity contribution is 6.33. The second-order valence-corrected chi connectivity index (χ2v) is 3.58. The summed E-state index contributed by atoms with van der Waals surface area (Å²) in [6, 6.07) is 3.81. The summed E-state index contributed by atoms with van der Waals surface area (Å²) >= 11 is 5.92. The van der Waals surface area contributed by atoms with E-state index in [1.54, 1.807) is 6.07 Å². The quantitative estimate of drug-likeness (QED) is 0.861.